The highest BCUT2D eigenvalue weighted by molar-refractivity contribution is 5.89. The molecule has 0 radical (unpaired) electrons. The molecule has 0 spiro atoms. The van der Waals surface area contributed by atoms with E-state index >= 15 is 0 Å². The minimum Gasteiger partial charge on any atom is -0.465 e. The van der Waals surface area contributed by atoms with Gasteiger partial charge in [0.15, 0.2) is 0 Å². The van der Waals surface area contributed by atoms with Crippen LogP contribution in [0.2, 0.25) is 0 Å². The van der Waals surface area contributed by atoms with Gasteiger partial charge in [-0.15, -0.1) is 0 Å². The molecule has 0 saturated heterocycles. The summed E-state index contributed by atoms with van der Waals surface area (Å²) in [5, 5.41) is 0.643. The smallest absolute Gasteiger partial charge is 0.337 e. The van der Waals surface area contributed by atoms with E-state index in [1.807, 2.05) is 60.7 Å². The Kier molecular flexibility index (Phi) is 6.95. The third-order valence-electron chi connectivity index (χ3n) is 5.73. The molecule has 0 amide bonds. The summed E-state index contributed by atoms with van der Waals surface area (Å²) >= 11 is 0. The molecule has 0 fully saturated rings. The van der Waals surface area contributed by atoms with Crippen LogP contribution in [0.15, 0.2) is 77.6 Å². The van der Waals surface area contributed by atoms with Crippen molar-refractivity contribution in [2.24, 2.45) is 5.73 Å². The monoisotopic (exact) mass is 441 g/mol. The van der Waals surface area contributed by atoms with Crippen molar-refractivity contribution < 1.29 is 9.53 Å². The normalized spacial score (nSPS) is 11.0. The zero-order valence-corrected chi connectivity index (χ0v) is 18.7. The summed E-state index contributed by atoms with van der Waals surface area (Å²) in [6.07, 6.45) is 2.81. The summed E-state index contributed by atoms with van der Waals surface area (Å²) in [6.45, 7) is 0.539. The van der Waals surface area contributed by atoms with E-state index in [0.29, 0.717) is 35.9 Å². The van der Waals surface area contributed by atoms with E-state index in [-0.39, 0.29) is 11.5 Å². The number of hydrogen-bond acceptors (Lipinski definition) is 5. The van der Waals surface area contributed by atoms with Gasteiger partial charge in [0.1, 0.15) is 5.82 Å². The molecule has 1 heterocycles. The number of esters is 1. The Hall–Kier alpha value is -3.77. The summed E-state index contributed by atoms with van der Waals surface area (Å²) in [7, 11) is 1.37. The van der Waals surface area contributed by atoms with Gasteiger partial charge in [-0.3, -0.25) is 9.36 Å². The molecule has 1 aromatic heterocycles. The molecule has 0 aliphatic rings. The van der Waals surface area contributed by atoms with Crippen LogP contribution >= 0.6 is 0 Å². The highest BCUT2D eigenvalue weighted by Crippen LogP contribution is 2.19. The SMILES string of the molecule is COC(=O)c1ccc(CCc2cccc3nc(CCCN)n(-c4ccccc4)c(=O)c23)cc1. The fourth-order valence-electron chi connectivity index (χ4n) is 4.03. The molecule has 168 valence electrons. The van der Waals surface area contributed by atoms with Crippen LogP contribution in [0.3, 0.4) is 0 Å². The molecule has 4 aromatic rings. The van der Waals surface area contributed by atoms with Crippen LogP contribution in [0.25, 0.3) is 16.6 Å². The second-order valence-electron chi connectivity index (χ2n) is 7.90. The lowest BCUT2D eigenvalue weighted by Crippen LogP contribution is -2.25. The number of carbonyl (C=O) groups is 1. The highest BCUT2D eigenvalue weighted by Gasteiger charge is 2.15. The predicted molar refractivity (Wildman–Crippen MR) is 130 cm³/mol. The number of rotatable bonds is 8. The molecule has 6 heteroatoms. The van der Waals surface area contributed by atoms with Gasteiger partial charge in [0.2, 0.25) is 0 Å². The molecule has 0 aliphatic heterocycles. The average molecular weight is 442 g/mol. The zero-order valence-electron chi connectivity index (χ0n) is 18.7. The molecule has 0 unspecified atom stereocenters. The van der Waals surface area contributed by atoms with Gasteiger partial charge in [0.25, 0.3) is 5.56 Å². The van der Waals surface area contributed by atoms with E-state index in [2.05, 4.69) is 0 Å². The summed E-state index contributed by atoms with van der Waals surface area (Å²) in [4.78, 5) is 30.3. The fraction of sp³-hybridized carbons (Fsp3) is 0.222. The number of fused-ring (bicyclic) bond motifs is 1. The van der Waals surface area contributed by atoms with Gasteiger partial charge in [-0.2, -0.15) is 0 Å². The van der Waals surface area contributed by atoms with Gasteiger partial charge in [0.05, 0.1) is 29.3 Å². The van der Waals surface area contributed by atoms with E-state index in [1.54, 1.807) is 16.7 Å². The third-order valence-corrected chi connectivity index (χ3v) is 5.73. The molecule has 0 atom stereocenters. The Bertz CT molecular complexity index is 1310. The second-order valence-corrected chi connectivity index (χ2v) is 7.90. The van der Waals surface area contributed by atoms with Crippen molar-refractivity contribution >= 4 is 16.9 Å². The number of aromatic nitrogens is 2. The summed E-state index contributed by atoms with van der Waals surface area (Å²) in [5.41, 5.74) is 9.73. The lowest BCUT2D eigenvalue weighted by Gasteiger charge is -2.15. The first-order valence-electron chi connectivity index (χ1n) is 11.1. The minimum absolute atomic E-state index is 0.0603. The van der Waals surface area contributed by atoms with Crippen molar-refractivity contribution in [3.63, 3.8) is 0 Å². The van der Waals surface area contributed by atoms with Gasteiger partial charge in [-0.05, 0) is 67.3 Å². The van der Waals surface area contributed by atoms with Crippen LogP contribution in [0.4, 0.5) is 0 Å². The number of nitrogens with zero attached hydrogens (tertiary/aromatic N) is 2. The molecular formula is C27H27N3O3. The maximum absolute atomic E-state index is 13.7. The maximum Gasteiger partial charge on any atom is 0.337 e. The van der Waals surface area contributed by atoms with E-state index in [1.165, 1.54) is 7.11 Å². The highest BCUT2D eigenvalue weighted by atomic mass is 16.5. The molecule has 0 saturated carbocycles. The fourth-order valence-corrected chi connectivity index (χ4v) is 4.03. The van der Waals surface area contributed by atoms with Crippen LogP contribution in [0, 0.1) is 0 Å². The quantitative estimate of drug-likeness (QED) is 0.420. The Morgan fingerprint density at radius 3 is 2.39 bits per heavy atom. The number of nitrogens with two attached hydrogens (primary N) is 1. The summed E-state index contributed by atoms with van der Waals surface area (Å²) in [5.74, 6) is 0.369. The summed E-state index contributed by atoms with van der Waals surface area (Å²) < 4.78 is 6.47. The van der Waals surface area contributed by atoms with Gasteiger partial charge in [-0.1, -0.05) is 42.5 Å². The van der Waals surface area contributed by atoms with Crippen molar-refractivity contribution in [3.05, 3.63) is 106 Å². The van der Waals surface area contributed by atoms with Gasteiger partial charge < -0.3 is 10.5 Å². The zero-order chi connectivity index (χ0) is 23.2. The standard InChI is InChI=1S/C27H27N3O3/c1-33-27(32)21-16-13-19(14-17-21)12-15-20-7-5-10-23-25(20)26(31)30(22-8-3-2-4-9-22)24(29-23)11-6-18-28/h2-5,7-10,13-14,16-17H,6,11-12,15,18,28H2,1H3. The number of benzene rings is 3. The molecule has 3 aromatic carbocycles. The van der Waals surface area contributed by atoms with Crippen LogP contribution in [-0.2, 0) is 24.0 Å². The lowest BCUT2D eigenvalue weighted by atomic mass is 10.00. The Labute approximate surface area is 192 Å². The van der Waals surface area contributed by atoms with Crippen LogP contribution in [-0.4, -0.2) is 29.2 Å². The number of para-hydroxylation sites is 1. The maximum atomic E-state index is 13.7. The van der Waals surface area contributed by atoms with Crippen molar-refractivity contribution in [2.45, 2.75) is 25.7 Å². The average Bonchev–Trinajstić information content (AvgIpc) is 2.86. The molecular weight excluding hydrogens is 414 g/mol. The van der Waals surface area contributed by atoms with Crippen molar-refractivity contribution in [1.29, 1.82) is 0 Å². The molecule has 0 aliphatic carbocycles. The van der Waals surface area contributed by atoms with Gasteiger partial charge in [-0.25, -0.2) is 9.78 Å². The van der Waals surface area contributed by atoms with Gasteiger partial charge >= 0.3 is 5.97 Å². The second kappa shape index (κ2) is 10.2. The number of methoxy groups -OCH3 is 1. The van der Waals surface area contributed by atoms with Gasteiger partial charge in [0, 0.05) is 6.42 Å². The number of carbonyl (C=O) groups excluding carboxylic acids is 1. The number of aryl methyl sites for hydroxylation is 3. The topological polar surface area (TPSA) is 87.2 Å². The van der Waals surface area contributed by atoms with Crippen LogP contribution in [0.1, 0.15) is 33.7 Å². The van der Waals surface area contributed by atoms with E-state index in [9.17, 15) is 9.59 Å². The largest absolute Gasteiger partial charge is 0.465 e. The van der Waals surface area contributed by atoms with Crippen molar-refractivity contribution in [2.75, 3.05) is 13.7 Å². The first-order chi connectivity index (χ1) is 16.1. The minimum atomic E-state index is -0.353. The number of ether oxygens (including phenoxy) is 1. The third kappa shape index (κ3) is 4.86. The predicted octanol–water partition coefficient (Wildman–Crippen LogP) is 3.85. The van der Waals surface area contributed by atoms with E-state index in [0.717, 1.165) is 35.5 Å². The van der Waals surface area contributed by atoms with E-state index < -0.39 is 0 Å². The molecule has 2 N–H and O–H groups in total. The lowest BCUT2D eigenvalue weighted by molar-refractivity contribution is 0.0600. The first kappa shape index (κ1) is 22.4. The molecule has 0 bridgehead atoms. The van der Waals surface area contributed by atoms with Crippen LogP contribution in [0.5, 0.6) is 0 Å². The van der Waals surface area contributed by atoms with Crippen molar-refractivity contribution in [1.82, 2.24) is 9.55 Å². The van der Waals surface area contributed by atoms with Crippen LogP contribution < -0.4 is 11.3 Å². The Morgan fingerprint density at radius 1 is 0.939 bits per heavy atom. The van der Waals surface area contributed by atoms with E-state index in [4.69, 9.17) is 15.5 Å². The molecule has 6 nitrogen and oxygen atoms in total. The first-order valence-corrected chi connectivity index (χ1v) is 11.1. The molecule has 4 rings (SSSR count). The van der Waals surface area contributed by atoms with Crippen molar-refractivity contribution in [3.8, 4) is 5.69 Å². The Balaban J connectivity index is 1.72. The summed E-state index contributed by atoms with van der Waals surface area (Å²) in [6, 6.07) is 22.8. The number of hydrogen-bond donors (Lipinski definition) is 1. The Morgan fingerprint density at radius 2 is 1.70 bits per heavy atom. The molecule has 33 heavy (non-hydrogen) atoms.